The minimum atomic E-state index is 0.280. The highest BCUT2D eigenvalue weighted by molar-refractivity contribution is 5.46. The molecular formula is C17H29NO2. The summed E-state index contributed by atoms with van der Waals surface area (Å²) in [5.74, 6) is 1.80. The van der Waals surface area contributed by atoms with Gasteiger partial charge in [0.25, 0.3) is 0 Å². The topological polar surface area (TPSA) is 30.5 Å². The van der Waals surface area contributed by atoms with Crippen LogP contribution in [0.15, 0.2) is 18.2 Å². The molecule has 0 saturated carbocycles. The molecule has 0 heterocycles. The van der Waals surface area contributed by atoms with Crippen LogP contribution in [0.25, 0.3) is 0 Å². The van der Waals surface area contributed by atoms with Crippen LogP contribution in [0.2, 0.25) is 0 Å². The summed E-state index contributed by atoms with van der Waals surface area (Å²) in [4.78, 5) is 0. The summed E-state index contributed by atoms with van der Waals surface area (Å²) in [6.07, 6.45) is 7.58. The van der Waals surface area contributed by atoms with Gasteiger partial charge in [-0.1, -0.05) is 45.1 Å². The highest BCUT2D eigenvalue weighted by atomic mass is 16.5. The summed E-state index contributed by atoms with van der Waals surface area (Å²) in [5.41, 5.74) is 1.13. The number of benzene rings is 1. The van der Waals surface area contributed by atoms with Crippen LogP contribution in [0.5, 0.6) is 11.5 Å². The molecule has 0 aliphatic carbocycles. The van der Waals surface area contributed by atoms with Gasteiger partial charge in [-0.2, -0.15) is 0 Å². The second-order valence-electron chi connectivity index (χ2n) is 5.12. The zero-order valence-corrected chi connectivity index (χ0v) is 13.4. The van der Waals surface area contributed by atoms with Crippen LogP contribution in [-0.4, -0.2) is 21.3 Å². The molecule has 1 aromatic rings. The summed E-state index contributed by atoms with van der Waals surface area (Å²) in [6, 6.07) is 6.25. The predicted octanol–water partition coefficient (Wildman–Crippen LogP) is 4.32. The lowest BCUT2D eigenvalue weighted by Crippen LogP contribution is -2.18. The van der Waals surface area contributed by atoms with E-state index in [1.165, 1.54) is 32.1 Å². The lowest BCUT2D eigenvalue weighted by Gasteiger charge is -2.22. The van der Waals surface area contributed by atoms with Gasteiger partial charge in [0, 0.05) is 6.04 Å². The van der Waals surface area contributed by atoms with Crippen LogP contribution in [0, 0.1) is 0 Å². The van der Waals surface area contributed by atoms with Gasteiger partial charge in [0.1, 0.15) is 11.5 Å². The maximum atomic E-state index is 5.50. The van der Waals surface area contributed by atoms with Crippen molar-refractivity contribution in [3.05, 3.63) is 23.8 Å². The van der Waals surface area contributed by atoms with Crippen LogP contribution in [0.1, 0.15) is 57.1 Å². The van der Waals surface area contributed by atoms with Crippen LogP contribution >= 0.6 is 0 Å². The molecule has 0 bridgehead atoms. The zero-order valence-electron chi connectivity index (χ0n) is 13.4. The third kappa shape index (κ3) is 4.71. The molecule has 0 aromatic heterocycles. The standard InChI is InChI=1S/C17H29NO2/c1-5-6-7-8-9-11-14(18-2)17-15(19-3)12-10-13-16(17)20-4/h10,12-14,18H,5-9,11H2,1-4H3. The van der Waals surface area contributed by atoms with E-state index in [4.69, 9.17) is 9.47 Å². The van der Waals surface area contributed by atoms with E-state index in [1.54, 1.807) is 14.2 Å². The van der Waals surface area contributed by atoms with Gasteiger partial charge in [0.2, 0.25) is 0 Å². The van der Waals surface area contributed by atoms with E-state index < -0.39 is 0 Å². The minimum absolute atomic E-state index is 0.280. The zero-order chi connectivity index (χ0) is 14.8. The molecule has 1 unspecified atom stereocenters. The Labute approximate surface area is 123 Å². The van der Waals surface area contributed by atoms with Crippen molar-refractivity contribution in [2.24, 2.45) is 0 Å². The second-order valence-corrected chi connectivity index (χ2v) is 5.12. The Hall–Kier alpha value is -1.22. The average molecular weight is 279 g/mol. The molecule has 0 spiro atoms. The first-order chi connectivity index (χ1) is 9.78. The van der Waals surface area contributed by atoms with E-state index in [-0.39, 0.29) is 6.04 Å². The van der Waals surface area contributed by atoms with Crippen LogP contribution in [-0.2, 0) is 0 Å². The van der Waals surface area contributed by atoms with E-state index in [0.29, 0.717) is 0 Å². The fourth-order valence-corrected chi connectivity index (χ4v) is 2.61. The Kier molecular flexibility index (Phi) is 8.12. The fourth-order valence-electron chi connectivity index (χ4n) is 2.61. The molecule has 1 N–H and O–H groups in total. The molecule has 1 rings (SSSR count). The van der Waals surface area contributed by atoms with Gasteiger partial charge in [-0.3, -0.25) is 0 Å². The molecular weight excluding hydrogens is 250 g/mol. The molecule has 0 aliphatic rings. The van der Waals surface area contributed by atoms with Gasteiger partial charge in [0.05, 0.1) is 19.8 Å². The Morgan fingerprint density at radius 1 is 1.00 bits per heavy atom. The van der Waals surface area contributed by atoms with Crippen molar-refractivity contribution < 1.29 is 9.47 Å². The molecule has 1 aromatic carbocycles. The number of ether oxygens (including phenoxy) is 2. The number of unbranched alkanes of at least 4 members (excludes halogenated alkanes) is 4. The second kappa shape index (κ2) is 9.65. The number of rotatable bonds is 10. The molecule has 0 saturated heterocycles. The van der Waals surface area contributed by atoms with Gasteiger partial charge >= 0.3 is 0 Å². The molecule has 0 aliphatic heterocycles. The van der Waals surface area contributed by atoms with E-state index in [1.807, 2.05) is 25.2 Å². The molecule has 114 valence electrons. The molecule has 0 amide bonds. The molecule has 3 nitrogen and oxygen atoms in total. The van der Waals surface area contributed by atoms with Crippen molar-refractivity contribution >= 4 is 0 Å². The first-order valence-electron chi connectivity index (χ1n) is 7.66. The van der Waals surface area contributed by atoms with E-state index in [0.717, 1.165) is 23.5 Å². The highest BCUT2D eigenvalue weighted by Crippen LogP contribution is 2.36. The number of hydrogen-bond acceptors (Lipinski definition) is 3. The van der Waals surface area contributed by atoms with Gasteiger partial charge in [-0.25, -0.2) is 0 Å². The minimum Gasteiger partial charge on any atom is -0.496 e. The first-order valence-corrected chi connectivity index (χ1v) is 7.66. The Balaban J connectivity index is 2.73. The van der Waals surface area contributed by atoms with Crippen LogP contribution < -0.4 is 14.8 Å². The predicted molar refractivity (Wildman–Crippen MR) is 84.7 cm³/mol. The fraction of sp³-hybridized carbons (Fsp3) is 0.647. The largest absolute Gasteiger partial charge is 0.496 e. The number of methoxy groups -OCH3 is 2. The van der Waals surface area contributed by atoms with Crippen molar-refractivity contribution in [1.29, 1.82) is 0 Å². The summed E-state index contributed by atoms with van der Waals surface area (Å²) in [5, 5.41) is 3.40. The van der Waals surface area contributed by atoms with Crippen molar-refractivity contribution in [3.63, 3.8) is 0 Å². The van der Waals surface area contributed by atoms with Crippen molar-refractivity contribution in [1.82, 2.24) is 5.32 Å². The van der Waals surface area contributed by atoms with Crippen molar-refractivity contribution in [2.45, 2.75) is 51.5 Å². The maximum absolute atomic E-state index is 5.50. The molecule has 20 heavy (non-hydrogen) atoms. The SMILES string of the molecule is CCCCCCCC(NC)c1c(OC)cccc1OC. The Morgan fingerprint density at radius 2 is 1.60 bits per heavy atom. The van der Waals surface area contributed by atoms with E-state index >= 15 is 0 Å². The summed E-state index contributed by atoms with van der Waals surface area (Å²) < 4.78 is 11.0. The number of hydrogen-bond donors (Lipinski definition) is 1. The van der Waals surface area contributed by atoms with Crippen molar-refractivity contribution in [3.8, 4) is 11.5 Å². The molecule has 3 heteroatoms. The van der Waals surface area contributed by atoms with Gasteiger partial charge in [-0.05, 0) is 25.6 Å². The molecule has 1 atom stereocenters. The Morgan fingerprint density at radius 3 is 2.10 bits per heavy atom. The normalized spacial score (nSPS) is 12.2. The number of nitrogens with one attached hydrogen (secondary N) is 1. The van der Waals surface area contributed by atoms with Gasteiger partial charge in [0.15, 0.2) is 0 Å². The van der Waals surface area contributed by atoms with Crippen molar-refractivity contribution in [2.75, 3.05) is 21.3 Å². The summed E-state index contributed by atoms with van der Waals surface area (Å²) in [7, 11) is 5.43. The molecule has 0 fully saturated rings. The van der Waals surface area contributed by atoms with E-state index in [9.17, 15) is 0 Å². The quantitative estimate of drug-likeness (QED) is 0.647. The third-order valence-corrected chi connectivity index (χ3v) is 3.76. The van der Waals surface area contributed by atoms with Gasteiger partial charge < -0.3 is 14.8 Å². The summed E-state index contributed by atoms with van der Waals surface area (Å²) >= 11 is 0. The smallest absolute Gasteiger partial charge is 0.127 e. The third-order valence-electron chi connectivity index (χ3n) is 3.76. The summed E-state index contributed by atoms with van der Waals surface area (Å²) in [6.45, 7) is 2.25. The monoisotopic (exact) mass is 279 g/mol. The van der Waals surface area contributed by atoms with E-state index in [2.05, 4.69) is 12.2 Å². The van der Waals surface area contributed by atoms with Crippen LogP contribution in [0.3, 0.4) is 0 Å². The lowest BCUT2D eigenvalue weighted by molar-refractivity contribution is 0.367. The average Bonchev–Trinajstić information content (AvgIpc) is 2.50. The first kappa shape index (κ1) is 16.8. The lowest BCUT2D eigenvalue weighted by atomic mass is 9.98. The highest BCUT2D eigenvalue weighted by Gasteiger charge is 2.18. The molecule has 0 radical (unpaired) electrons. The van der Waals surface area contributed by atoms with Gasteiger partial charge in [-0.15, -0.1) is 0 Å². The maximum Gasteiger partial charge on any atom is 0.127 e. The Bertz CT molecular complexity index is 357. The van der Waals surface area contributed by atoms with Crippen LogP contribution in [0.4, 0.5) is 0 Å².